The third kappa shape index (κ3) is 10.3. The number of amides is 3. The Morgan fingerprint density at radius 1 is 0.955 bits per heavy atom. The molecule has 13 nitrogen and oxygen atoms in total. The summed E-state index contributed by atoms with van der Waals surface area (Å²) in [5, 5.41) is 32.5. The summed E-state index contributed by atoms with van der Waals surface area (Å²) in [4.78, 5) is 49.5. The first-order valence-corrected chi connectivity index (χ1v) is 13.0. The lowest BCUT2D eigenvalue weighted by atomic mass is 10.1. The van der Waals surface area contributed by atoms with E-state index < -0.39 is 36.1 Å². The fraction of sp³-hybridized carbons (Fsp3) is 0.214. The zero-order chi connectivity index (χ0) is 32.1. The number of hydrogen-bond acceptors (Lipinski definition) is 7. The van der Waals surface area contributed by atoms with E-state index in [2.05, 4.69) is 31.3 Å². The SMILES string of the molecule is O=C(Nc1ccccc1)N[C@@H](CNC(=O)c1ccc2c(cnn2CCCNc2ccccn2)c1)C(=O)O.O=C(O)C(F)(F)F. The summed E-state index contributed by atoms with van der Waals surface area (Å²) in [5.41, 5.74) is 1.77. The van der Waals surface area contributed by atoms with Gasteiger partial charge in [0.05, 0.1) is 11.7 Å². The lowest BCUT2D eigenvalue weighted by Crippen LogP contribution is -2.49. The summed E-state index contributed by atoms with van der Waals surface area (Å²) in [6, 6.07) is 17.5. The molecule has 2 heterocycles. The zero-order valence-corrected chi connectivity index (χ0v) is 22.9. The highest BCUT2D eigenvalue weighted by Gasteiger charge is 2.38. The maximum atomic E-state index is 12.7. The van der Waals surface area contributed by atoms with Gasteiger partial charge in [0.25, 0.3) is 5.91 Å². The maximum Gasteiger partial charge on any atom is 0.490 e. The molecule has 4 rings (SSSR count). The number of para-hydroxylation sites is 1. The Hall–Kier alpha value is -5.67. The largest absolute Gasteiger partial charge is 0.490 e. The minimum absolute atomic E-state index is 0.281. The number of carbonyl (C=O) groups excluding carboxylic acids is 2. The van der Waals surface area contributed by atoms with E-state index in [0.717, 1.165) is 29.7 Å². The molecule has 0 aliphatic rings. The second-order valence-electron chi connectivity index (χ2n) is 9.00. The number of fused-ring (bicyclic) bond motifs is 1. The van der Waals surface area contributed by atoms with E-state index in [0.29, 0.717) is 17.8 Å². The molecule has 0 fully saturated rings. The number of nitrogens with zero attached hydrogens (tertiary/aromatic N) is 3. The summed E-state index contributed by atoms with van der Waals surface area (Å²) in [6.45, 7) is 1.14. The van der Waals surface area contributed by atoms with E-state index in [1.807, 2.05) is 28.9 Å². The molecule has 16 heteroatoms. The van der Waals surface area contributed by atoms with E-state index in [9.17, 15) is 32.7 Å². The van der Waals surface area contributed by atoms with Crippen molar-refractivity contribution < 1.29 is 42.6 Å². The molecule has 0 aliphatic carbocycles. The lowest BCUT2D eigenvalue weighted by Gasteiger charge is -2.16. The number of aliphatic carboxylic acids is 2. The number of nitrogens with one attached hydrogen (secondary N) is 4. The van der Waals surface area contributed by atoms with Gasteiger partial charge in [-0.05, 0) is 48.9 Å². The number of rotatable bonds is 11. The molecule has 0 unspecified atom stereocenters. The minimum atomic E-state index is -5.08. The van der Waals surface area contributed by atoms with Gasteiger partial charge in [-0.3, -0.25) is 9.48 Å². The maximum absolute atomic E-state index is 12.7. The number of hydrogen-bond donors (Lipinski definition) is 6. The van der Waals surface area contributed by atoms with Crippen molar-refractivity contribution in [2.45, 2.75) is 25.2 Å². The van der Waals surface area contributed by atoms with Crippen LogP contribution in [-0.2, 0) is 16.1 Å². The highest BCUT2D eigenvalue weighted by Crippen LogP contribution is 2.17. The van der Waals surface area contributed by atoms with Crippen LogP contribution in [0.5, 0.6) is 0 Å². The molecular formula is C28H28F3N7O6. The molecule has 44 heavy (non-hydrogen) atoms. The zero-order valence-electron chi connectivity index (χ0n) is 22.9. The molecule has 2 aromatic carbocycles. The van der Waals surface area contributed by atoms with Crippen LogP contribution in [0.15, 0.2) is 79.1 Å². The summed E-state index contributed by atoms with van der Waals surface area (Å²) >= 11 is 0. The van der Waals surface area contributed by atoms with E-state index in [1.54, 1.807) is 54.9 Å². The number of halogens is 3. The van der Waals surface area contributed by atoms with Crippen molar-refractivity contribution in [3.63, 3.8) is 0 Å². The van der Waals surface area contributed by atoms with Crippen molar-refractivity contribution in [1.29, 1.82) is 0 Å². The quantitative estimate of drug-likeness (QED) is 0.137. The van der Waals surface area contributed by atoms with Gasteiger partial charge in [-0.25, -0.2) is 19.4 Å². The Morgan fingerprint density at radius 3 is 2.30 bits per heavy atom. The second-order valence-corrected chi connectivity index (χ2v) is 9.00. The van der Waals surface area contributed by atoms with Gasteiger partial charge in [0.1, 0.15) is 11.9 Å². The first-order valence-electron chi connectivity index (χ1n) is 13.0. The van der Waals surface area contributed by atoms with Gasteiger partial charge in [-0.15, -0.1) is 0 Å². The monoisotopic (exact) mass is 615 g/mol. The number of benzene rings is 2. The van der Waals surface area contributed by atoms with E-state index in [-0.39, 0.29) is 6.54 Å². The smallest absolute Gasteiger partial charge is 0.480 e. The average molecular weight is 616 g/mol. The number of anilines is 2. The van der Waals surface area contributed by atoms with Crippen molar-refractivity contribution in [2.24, 2.45) is 0 Å². The molecule has 0 radical (unpaired) electrons. The van der Waals surface area contributed by atoms with Crippen LogP contribution in [0.2, 0.25) is 0 Å². The Balaban J connectivity index is 0.000000676. The molecule has 0 aliphatic heterocycles. The molecule has 0 saturated carbocycles. The average Bonchev–Trinajstić information content (AvgIpc) is 3.40. The number of aromatic nitrogens is 3. The van der Waals surface area contributed by atoms with Gasteiger partial charge in [0.2, 0.25) is 0 Å². The number of pyridine rings is 1. The number of aryl methyl sites for hydroxylation is 1. The van der Waals surface area contributed by atoms with Crippen LogP contribution in [0, 0.1) is 0 Å². The van der Waals surface area contributed by atoms with Gasteiger partial charge in [-0.1, -0.05) is 24.3 Å². The van der Waals surface area contributed by atoms with Crippen LogP contribution in [0.1, 0.15) is 16.8 Å². The minimum Gasteiger partial charge on any atom is -0.480 e. The predicted octanol–water partition coefficient (Wildman–Crippen LogP) is 3.57. The fourth-order valence-electron chi connectivity index (χ4n) is 3.66. The predicted molar refractivity (Wildman–Crippen MR) is 153 cm³/mol. The van der Waals surface area contributed by atoms with E-state index in [1.165, 1.54) is 0 Å². The number of carbonyl (C=O) groups is 4. The van der Waals surface area contributed by atoms with Crippen LogP contribution >= 0.6 is 0 Å². The molecule has 4 aromatic rings. The molecule has 6 N–H and O–H groups in total. The van der Waals surface area contributed by atoms with Crippen molar-refractivity contribution in [3.8, 4) is 0 Å². The molecule has 0 spiro atoms. The van der Waals surface area contributed by atoms with Crippen LogP contribution in [0.3, 0.4) is 0 Å². The van der Waals surface area contributed by atoms with E-state index in [4.69, 9.17) is 9.90 Å². The van der Waals surface area contributed by atoms with Crippen molar-refractivity contribution in [3.05, 3.63) is 84.7 Å². The Labute approximate surface area is 248 Å². The highest BCUT2D eigenvalue weighted by atomic mass is 19.4. The number of alkyl halides is 3. The molecule has 1 atom stereocenters. The lowest BCUT2D eigenvalue weighted by molar-refractivity contribution is -0.192. The Bertz CT molecular complexity index is 1570. The van der Waals surface area contributed by atoms with Gasteiger partial charge >= 0.3 is 24.1 Å². The van der Waals surface area contributed by atoms with Gasteiger partial charge in [0, 0.05) is 42.5 Å². The molecule has 0 saturated heterocycles. The standard InChI is InChI=1S/C26H27N7O4.C2HF3O2/c34-24(29-17-21(25(35)36)32-26(37)31-20-7-2-1-3-8-20)18-10-11-22-19(15-18)16-30-33(22)14-6-13-28-23-9-4-5-12-27-23;3-2(4,5)1(6)7/h1-5,7-12,15-16,21H,6,13-14,17H2,(H,27,28)(H,29,34)(H,35,36)(H2,31,32,37);(H,6,7)/t21-;/m0./s1. The fourth-order valence-corrected chi connectivity index (χ4v) is 3.66. The molecule has 2 aromatic heterocycles. The Morgan fingerprint density at radius 2 is 1.66 bits per heavy atom. The number of carboxylic acids is 2. The highest BCUT2D eigenvalue weighted by molar-refractivity contribution is 5.98. The molecule has 3 amide bonds. The summed E-state index contributed by atoms with van der Waals surface area (Å²) < 4.78 is 33.6. The number of urea groups is 1. The molecule has 0 bridgehead atoms. The summed E-state index contributed by atoms with van der Waals surface area (Å²) in [5.74, 6) is -3.66. The number of carboxylic acid groups (broad SMARTS) is 2. The van der Waals surface area contributed by atoms with Gasteiger partial charge < -0.3 is 31.5 Å². The summed E-state index contributed by atoms with van der Waals surface area (Å²) in [6.07, 6.45) is -0.830. The van der Waals surface area contributed by atoms with Gasteiger partial charge in [0.15, 0.2) is 0 Å². The normalized spacial score (nSPS) is 11.4. The first-order chi connectivity index (χ1) is 20.9. The first kappa shape index (κ1) is 32.8. The van der Waals surface area contributed by atoms with Crippen molar-refractivity contribution in [2.75, 3.05) is 23.7 Å². The third-order valence-corrected chi connectivity index (χ3v) is 5.77. The van der Waals surface area contributed by atoms with Gasteiger partial charge in [-0.2, -0.15) is 18.3 Å². The third-order valence-electron chi connectivity index (χ3n) is 5.77. The van der Waals surface area contributed by atoms with Crippen LogP contribution < -0.4 is 21.3 Å². The Kier molecular flexibility index (Phi) is 11.6. The van der Waals surface area contributed by atoms with Crippen LogP contribution in [-0.4, -0.2) is 74.2 Å². The van der Waals surface area contributed by atoms with E-state index >= 15 is 0 Å². The van der Waals surface area contributed by atoms with Crippen LogP contribution in [0.25, 0.3) is 10.9 Å². The second kappa shape index (κ2) is 15.5. The van der Waals surface area contributed by atoms with Crippen molar-refractivity contribution >= 4 is 46.3 Å². The molecular weight excluding hydrogens is 587 g/mol. The van der Waals surface area contributed by atoms with Crippen LogP contribution in [0.4, 0.5) is 29.5 Å². The summed E-state index contributed by atoms with van der Waals surface area (Å²) in [7, 11) is 0. The molecule has 232 valence electrons. The van der Waals surface area contributed by atoms with Crippen molar-refractivity contribution in [1.82, 2.24) is 25.4 Å². The topological polar surface area (TPSA) is 188 Å².